The molecule has 13 aromatic carbocycles. The van der Waals surface area contributed by atoms with Gasteiger partial charge < -0.3 is 59.0 Å². The molecule has 0 aromatic heterocycles. The van der Waals surface area contributed by atoms with Gasteiger partial charge in [-0.15, -0.1) is 0 Å². The Bertz CT molecular complexity index is 6710. The lowest BCUT2D eigenvalue weighted by atomic mass is 9.91. The molecule has 746 valence electrons. The number of phenolic OH excluding ortho intramolecular Hbond substituents is 3. The van der Waals surface area contributed by atoms with Crippen molar-refractivity contribution >= 4 is 73.4 Å². The Morgan fingerprint density at radius 2 is 0.667 bits per heavy atom. The number of halogens is 3. The first kappa shape index (κ1) is 113. The number of ether oxygens (including phenoxy) is 2. The summed E-state index contributed by atoms with van der Waals surface area (Å²) in [5, 5.41) is 30.8. The molecule has 18 nitrogen and oxygen atoms in total. The van der Waals surface area contributed by atoms with Gasteiger partial charge in [-0.25, -0.2) is 23.0 Å². The smallest absolute Gasteiger partial charge is 0.265 e. The standard InChI is InChI=1S/C25H27O4P.C24H24FO5P.C24H27O4P.C21H26FO3P.C21H29FO2P/c1-17-11-21(25(27)16-30(3,28)29)12-18(2)23(17)15-20-9-10-24(26)22(14-20)13-19-7-5-4-6-8-19;1-15-10-20(30-14-31(3,28)29)11-16(2)21(15)12-17-4-9-23(26)22(13-17)24(27)18-5-7-19(25)8-6-18;1-17-11-22(28-16-29(3,26)27)12-18(2)23(17)15-20-9-10-24(25)21(14-20)13-19-7-5-4-6-8-19;1-13(2)18-10-16(6-7-20(18)22)11-19-14(3)8-17(9-15(19)4)21(23)12-26(5,24)25;1-14(2)19-12-17(6-7-21(19)22)13-20-15(3)10-18(11-16(20)4)8-9-25(5,23)24/h4-12,14,26,28-29H,3,13,15-16H2,1-2H3;4-11,13,26,28-29H,3,12,14H2,1-2H3;4-12,14,25-27H,3,13,15-16H2,1-2H3;6-10,13H,11-12H2,1-5H3,(H,24,25);6-7,10-12,14,23-24H,8-9,13H2,1-5H3/q;;;;+1. The summed E-state index contributed by atoms with van der Waals surface area (Å²) in [6, 6.07) is 71.1. The lowest BCUT2D eigenvalue weighted by Gasteiger charge is -2.16. The number of hydrogen-bond acceptors (Lipinski definition) is 17. The number of hydrogen-bond donors (Lipinski definition) is 12. The van der Waals surface area contributed by atoms with E-state index >= 15 is 0 Å². The molecule has 0 aliphatic rings. The molecular weight excluding hydrogens is 1880 g/mol. The molecule has 0 bridgehead atoms. The molecule has 1 unspecified atom stereocenters. The molecule has 0 amide bonds. The third-order valence-corrected chi connectivity index (χ3v) is 27.9. The highest BCUT2D eigenvalue weighted by Crippen LogP contribution is 2.46. The van der Waals surface area contributed by atoms with Crippen molar-refractivity contribution in [1.29, 1.82) is 0 Å². The summed E-state index contributed by atoms with van der Waals surface area (Å²) in [6.07, 6.45) is 14.6. The Balaban J connectivity index is 0.000000197. The predicted octanol–water partition coefficient (Wildman–Crippen LogP) is 24.4. The van der Waals surface area contributed by atoms with Crippen molar-refractivity contribution in [3.8, 4) is 28.7 Å². The zero-order chi connectivity index (χ0) is 104. The molecule has 12 N–H and O–H groups in total. The second-order valence-corrected chi connectivity index (χ2v) is 48.9. The lowest BCUT2D eigenvalue weighted by molar-refractivity contribution is 0.100. The van der Waals surface area contributed by atoms with Crippen LogP contribution in [0.4, 0.5) is 13.2 Å². The van der Waals surface area contributed by atoms with Crippen LogP contribution in [0.5, 0.6) is 28.7 Å². The minimum atomic E-state index is -3.40. The van der Waals surface area contributed by atoms with E-state index in [1.165, 1.54) is 72.0 Å². The first-order chi connectivity index (χ1) is 65.9. The number of aryl methyl sites for hydroxylation is 11. The average molecular weight is 2020 g/mol. The number of carbonyl (C=O) groups excluding carboxylic acids is 3. The van der Waals surface area contributed by atoms with Crippen LogP contribution < -0.4 is 9.47 Å². The number of Topliss-reactive ketones (excluding diaryl/α,β-unsaturated/α-hetero) is 2. The van der Waals surface area contributed by atoms with E-state index < -0.39 is 42.9 Å². The summed E-state index contributed by atoms with van der Waals surface area (Å²) in [6.45, 7) is 30.5. The van der Waals surface area contributed by atoms with Gasteiger partial charge in [-0.3, -0.25) is 18.9 Å². The quantitative estimate of drug-likeness (QED) is 0.0134. The van der Waals surface area contributed by atoms with Crippen molar-refractivity contribution in [2.45, 2.75) is 160 Å². The third kappa shape index (κ3) is 36.0. The maximum absolute atomic E-state index is 13.9. The highest BCUT2D eigenvalue weighted by molar-refractivity contribution is 7.64. The number of benzene rings is 13. The van der Waals surface area contributed by atoms with Gasteiger partial charge in [0.25, 0.3) is 7.72 Å². The van der Waals surface area contributed by atoms with Crippen LogP contribution in [-0.2, 0) is 55.9 Å². The van der Waals surface area contributed by atoms with E-state index in [0.717, 1.165) is 135 Å². The van der Waals surface area contributed by atoms with E-state index in [4.69, 9.17) is 9.47 Å². The van der Waals surface area contributed by atoms with E-state index in [1.807, 2.05) is 192 Å². The summed E-state index contributed by atoms with van der Waals surface area (Å²) < 4.78 is 63.4. The number of phenols is 3. The highest BCUT2D eigenvalue weighted by Gasteiger charge is 2.27. The molecule has 26 heteroatoms. The summed E-state index contributed by atoms with van der Waals surface area (Å²) >= 11 is 0. The fraction of sp³-hybridized carbons (Fsp3) is 0.270. The lowest BCUT2D eigenvalue weighted by Crippen LogP contribution is -2.08. The molecule has 0 aliphatic carbocycles. The molecule has 0 radical (unpaired) electrons. The van der Waals surface area contributed by atoms with Gasteiger partial charge in [0.1, 0.15) is 81.0 Å². The van der Waals surface area contributed by atoms with Gasteiger partial charge in [-0.05, 0) is 385 Å². The number of aromatic hydroxyl groups is 3. The Labute approximate surface area is 829 Å². The van der Waals surface area contributed by atoms with Gasteiger partial charge >= 0.3 is 0 Å². The average Bonchev–Trinajstić information content (AvgIpc) is 0.818. The molecule has 0 saturated heterocycles. The van der Waals surface area contributed by atoms with Gasteiger partial charge in [0.2, 0.25) is 7.37 Å². The minimum absolute atomic E-state index is 0.111. The molecule has 0 aliphatic heterocycles. The fourth-order valence-electron chi connectivity index (χ4n) is 16.7. The van der Waals surface area contributed by atoms with Crippen molar-refractivity contribution in [2.24, 2.45) is 0 Å². The van der Waals surface area contributed by atoms with Crippen LogP contribution in [-0.4, -0.2) is 140 Å². The monoisotopic (exact) mass is 2010 g/mol. The molecule has 13 rings (SSSR count). The topological polar surface area (TPSA) is 330 Å². The third-order valence-electron chi connectivity index (χ3n) is 24.1. The van der Waals surface area contributed by atoms with E-state index in [2.05, 4.69) is 63.1 Å². The van der Waals surface area contributed by atoms with Crippen molar-refractivity contribution in [3.63, 3.8) is 0 Å². The van der Waals surface area contributed by atoms with Crippen LogP contribution in [0.25, 0.3) is 0 Å². The Morgan fingerprint density at radius 1 is 0.355 bits per heavy atom. The number of carbonyl (C=O) groups is 3. The van der Waals surface area contributed by atoms with Crippen LogP contribution in [0.3, 0.4) is 0 Å². The Morgan fingerprint density at radius 3 is 0.993 bits per heavy atom. The van der Waals surface area contributed by atoms with Gasteiger partial charge in [0.05, 0.1) is 17.9 Å². The zero-order valence-corrected chi connectivity index (χ0v) is 87.6. The molecule has 0 saturated carbocycles. The van der Waals surface area contributed by atoms with E-state index in [1.54, 1.807) is 60.7 Å². The molecule has 13 aromatic rings. The summed E-state index contributed by atoms with van der Waals surface area (Å²) in [7, 11) is -16.0. The maximum Gasteiger partial charge on any atom is 0.265 e. The van der Waals surface area contributed by atoms with Crippen LogP contribution in [0.1, 0.15) is 226 Å². The second kappa shape index (κ2) is 50.2. The first-order valence-electron chi connectivity index (χ1n) is 46.2. The Kier molecular flexibility index (Phi) is 40.4. The van der Waals surface area contributed by atoms with Crippen molar-refractivity contribution in [1.82, 2.24) is 0 Å². The summed E-state index contributed by atoms with van der Waals surface area (Å²) in [4.78, 5) is 123. The first-order valence-corrected chi connectivity index (χ1v) is 57.1. The minimum Gasteiger partial charge on any atom is -0.508 e. The number of ketones is 3. The van der Waals surface area contributed by atoms with Gasteiger partial charge in [-0.2, -0.15) is 0 Å². The van der Waals surface area contributed by atoms with Crippen molar-refractivity contribution in [2.75, 3.05) is 44.5 Å². The fourth-order valence-corrected chi connectivity index (χ4v) is 19.5. The molecule has 0 heterocycles. The van der Waals surface area contributed by atoms with Crippen molar-refractivity contribution in [3.05, 3.63) is 427 Å². The van der Waals surface area contributed by atoms with Crippen LogP contribution in [0.2, 0.25) is 0 Å². The zero-order valence-electron chi connectivity index (χ0n) is 83.2. The molecule has 0 spiro atoms. The van der Waals surface area contributed by atoms with E-state index in [-0.39, 0.29) is 82.9 Å². The van der Waals surface area contributed by atoms with Gasteiger partial charge in [0, 0.05) is 42.6 Å². The van der Waals surface area contributed by atoms with Gasteiger partial charge in [-0.1, -0.05) is 161 Å². The van der Waals surface area contributed by atoms with E-state index in [9.17, 15) is 91.5 Å². The normalized spacial score (nSPS) is 12.0. The predicted molar refractivity (Wildman–Crippen MR) is 574 cm³/mol. The van der Waals surface area contributed by atoms with Crippen LogP contribution in [0.15, 0.2) is 237 Å². The van der Waals surface area contributed by atoms with Gasteiger partial charge in [0.15, 0.2) is 30.0 Å². The summed E-state index contributed by atoms with van der Waals surface area (Å²) in [5.41, 5.74) is 29.2. The highest BCUT2D eigenvalue weighted by atomic mass is 31.2. The van der Waals surface area contributed by atoms with Crippen LogP contribution in [0, 0.1) is 86.7 Å². The Hall–Kier alpha value is -11.1. The summed E-state index contributed by atoms with van der Waals surface area (Å²) in [5.74, 6) is 0.0840. The maximum atomic E-state index is 13.9. The SMILES string of the molecule is C=P(O)(O)CC(=O)c1cc(C)c(Cc2ccc(O)c(Cc3ccccc3)c2)c(C)c1.C=P(O)(O)COc1cc(C)c(Cc2ccc(O)c(C(=O)c3ccc(F)cc3)c2)c(C)c1.C=P(O)(O)COc1cc(C)c(Cc2ccc(O)c(Cc3ccccc3)c2)c(C)c1.Cc1cc(C(=O)CP(C)(=O)O)cc(C)c1Cc1ccc(F)c(C(C)C)c1.Cc1cc(CC[P+](C)(O)O)cc(C)c1Cc1ccc(F)c(C(C)C)c1. The number of rotatable bonds is 33. The molecule has 0 fully saturated rings. The second-order valence-electron chi connectivity index (χ2n) is 37.8. The van der Waals surface area contributed by atoms with E-state index in [0.29, 0.717) is 84.2 Å². The molecule has 141 heavy (non-hydrogen) atoms. The van der Waals surface area contributed by atoms with Crippen molar-refractivity contribution < 1.29 is 101 Å². The van der Waals surface area contributed by atoms with Crippen LogP contribution >= 0.6 is 37.1 Å². The molecular formula is C115H133F3O18P5+. The molecule has 1 atom stereocenters. The largest absolute Gasteiger partial charge is 0.508 e.